The van der Waals surface area contributed by atoms with Crippen LogP contribution in [0.2, 0.25) is 0 Å². The molecule has 1 aromatic heterocycles. The van der Waals surface area contributed by atoms with Crippen molar-refractivity contribution in [1.29, 1.82) is 0 Å². The summed E-state index contributed by atoms with van der Waals surface area (Å²) in [5.41, 5.74) is 1.10. The molecular formula is C10H11N5O3S. The molecule has 0 aliphatic carbocycles. The first-order chi connectivity index (χ1) is 8.87. The number of carbonyl (C=O) groups excluding carboxylic acids is 1. The molecule has 1 heterocycles. The molecular weight excluding hydrogens is 270 g/mol. The van der Waals surface area contributed by atoms with Gasteiger partial charge in [-0.2, -0.15) is 4.68 Å². The van der Waals surface area contributed by atoms with Gasteiger partial charge in [-0.05, 0) is 35.5 Å². The Morgan fingerprint density at radius 3 is 2.63 bits per heavy atom. The van der Waals surface area contributed by atoms with Crippen LogP contribution in [0.1, 0.15) is 17.3 Å². The molecule has 0 aliphatic heterocycles. The maximum Gasteiger partial charge on any atom is 0.229 e. The van der Waals surface area contributed by atoms with Crippen molar-refractivity contribution in [1.82, 2.24) is 20.2 Å². The number of benzene rings is 1. The molecule has 0 unspecified atom stereocenters. The molecule has 0 saturated heterocycles. The van der Waals surface area contributed by atoms with Crippen LogP contribution in [0.15, 0.2) is 24.5 Å². The number of nitrogens with zero attached hydrogens (tertiary/aromatic N) is 4. The smallest absolute Gasteiger partial charge is 0.229 e. The molecule has 0 bridgehead atoms. The van der Waals surface area contributed by atoms with E-state index in [4.69, 9.17) is 0 Å². The summed E-state index contributed by atoms with van der Waals surface area (Å²) >= 11 is 0. The van der Waals surface area contributed by atoms with E-state index in [1.165, 1.54) is 36.1 Å². The average molecular weight is 281 g/mol. The first kappa shape index (κ1) is 13.1. The Morgan fingerprint density at radius 1 is 1.37 bits per heavy atom. The second kappa shape index (κ2) is 4.76. The highest BCUT2D eigenvalue weighted by Gasteiger charge is 2.12. The zero-order valence-corrected chi connectivity index (χ0v) is 11.0. The van der Waals surface area contributed by atoms with Gasteiger partial charge in [0.1, 0.15) is 6.33 Å². The van der Waals surface area contributed by atoms with E-state index in [0.717, 1.165) is 6.26 Å². The number of carbonyl (C=O) groups is 1. The summed E-state index contributed by atoms with van der Waals surface area (Å²) in [7, 11) is -3.44. The minimum atomic E-state index is -3.44. The van der Waals surface area contributed by atoms with E-state index in [-0.39, 0.29) is 5.78 Å². The Hall–Kier alpha value is -2.29. The number of tetrazole rings is 1. The number of nitrogens with one attached hydrogen (secondary N) is 1. The third-order valence-electron chi connectivity index (χ3n) is 2.30. The summed E-state index contributed by atoms with van der Waals surface area (Å²) < 4.78 is 26.2. The standard InChI is InChI=1S/C10H11N5O3S/c1-7(16)8-3-4-9(12-19(2,17)18)10(5-8)15-6-11-13-14-15/h3-6,12H,1-2H3. The topological polar surface area (TPSA) is 107 Å². The highest BCUT2D eigenvalue weighted by Crippen LogP contribution is 2.22. The Kier molecular flexibility index (Phi) is 3.30. The van der Waals surface area contributed by atoms with Gasteiger partial charge in [-0.1, -0.05) is 0 Å². The molecule has 0 spiro atoms. The Morgan fingerprint density at radius 2 is 2.11 bits per heavy atom. The maximum atomic E-state index is 11.4. The number of sulfonamides is 1. The zero-order valence-electron chi connectivity index (χ0n) is 10.2. The normalized spacial score (nSPS) is 11.3. The van der Waals surface area contributed by atoms with Gasteiger partial charge in [0, 0.05) is 5.56 Å². The summed E-state index contributed by atoms with van der Waals surface area (Å²) in [5, 5.41) is 10.6. The molecule has 0 atom stereocenters. The quantitative estimate of drug-likeness (QED) is 0.804. The average Bonchev–Trinajstić information content (AvgIpc) is 2.80. The minimum Gasteiger partial charge on any atom is -0.295 e. The lowest BCUT2D eigenvalue weighted by molar-refractivity contribution is 0.101. The molecule has 0 radical (unpaired) electrons. The fraction of sp³-hybridized carbons (Fsp3) is 0.200. The van der Waals surface area contributed by atoms with Crippen molar-refractivity contribution in [3.05, 3.63) is 30.1 Å². The highest BCUT2D eigenvalue weighted by molar-refractivity contribution is 7.92. The molecule has 8 nitrogen and oxygen atoms in total. The van der Waals surface area contributed by atoms with Crippen LogP contribution in [0.4, 0.5) is 5.69 Å². The highest BCUT2D eigenvalue weighted by atomic mass is 32.2. The first-order valence-corrected chi connectivity index (χ1v) is 7.12. The number of rotatable bonds is 4. The zero-order chi connectivity index (χ0) is 14.0. The second-order valence-corrected chi connectivity index (χ2v) is 5.67. The van der Waals surface area contributed by atoms with E-state index in [2.05, 4.69) is 20.2 Å². The van der Waals surface area contributed by atoms with Crippen LogP contribution in [0.5, 0.6) is 0 Å². The van der Waals surface area contributed by atoms with Gasteiger partial charge in [-0.3, -0.25) is 9.52 Å². The summed E-state index contributed by atoms with van der Waals surface area (Å²) in [5.74, 6) is -0.139. The predicted octanol–water partition coefficient (Wildman–Crippen LogP) is 0.236. The van der Waals surface area contributed by atoms with E-state index >= 15 is 0 Å². The largest absolute Gasteiger partial charge is 0.295 e. The van der Waals surface area contributed by atoms with Gasteiger partial charge in [-0.25, -0.2) is 8.42 Å². The molecule has 100 valence electrons. The predicted molar refractivity (Wildman–Crippen MR) is 67.6 cm³/mol. The summed E-state index contributed by atoms with van der Waals surface area (Å²) in [6.45, 7) is 1.42. The van der Waals surface area contributed by atoms with Gasteiger partial charge < -0.3 is 0 Å². The van der Waals surface area contributed by atoms with Crippen molar-refractivity contribution < 1.29 is 13.2 Å². The van der Waals surface area contributed by atoms with Crippen LogP contribution in [-0.2, 0) is 10.0 Å². The number of hydrogen-bond donors (Lipinski definition) is 1. The van der Waals surface area contributed by atoms with Crippen LogP contribution in [0.25, 0.3) is 5.69 Å². The molecule has 1 N–H and O–H groups in total. The molecule has 0 saturated carbocycles. The number of anilines is 1. The molecule has 0 amide bonds. The van der Waals surface area contributed by atoms with Crippen LogP contribution in [0, 0.1) is 0 Å². The van der Waals surface area contributed by atoms with Crippen LogP contribution >= 0.6 is 0 Å². The van der Waals surface area contributed by atoms with E-state index in [9.17, 15) is 13.2 Å². The lowest BCUT2D eigenvalue weighted by atomic mass is 10.1. The monoisotopic (exact) mass is 281 g/mol. The van der Waals surface area contributed by atoms with Crippen molar-refractivity contribution in [2.24, 2.45) is 0 Å². The Balaban J connectivity index is 2.57. The molecule has 0 aliphatic rings. The number of Topliss-reactive ketones (excluding diaryl/α,β-unsaturated/α-hetero) is 1. The minimum absolute atomic E-state index is 0.139. The van der Waals surface area contributed by atoms with Crippen molar-refractivity contribution in [2.45, 2.75) is 6.92 Å². The number of ketones is 1. The van der Waals surface area contributed by atoms with Gasteiger partial charge >= 0.3 is 0 Å². The van der Waals surface area contributed by atoms with Gasteiger partial charge in [0.15, 0.2) is 5.78 Å². The van der Waals surface area contributed by atoms with E-state index in [0.29, 0.717) is 16.9 Å². The fourth-order valence-electron chi connectivity index (χ4n) is 1.50. The SMILES string of the molecule is CC(=O)c1ccc(NS(C)(=O)=O)c(-n2cnnn2)c1. The van der Waals surface area contributed by atoms with Gasteiger partial charge in [0.2, 0.25) is 10.0 Å². The molecule has 2 rings (SSSR count). The lowest BCUT2D eigenvalue weighted by Gasteiger charge is -2.10. The Bertz CT molecular complexity index is 709. The van der Waals surface area contributed by atoms with Crippen molar-refractivity contribution in [2.75, 3.05) is 11.0 Å². The molecule has 0 fully saturated rings. The second-order valence-electron chi connectivity index (χ2n) is 3.92. The van der Waals surface area contributed by atoms with E-state index < -0.39 is 10.0 Å². The summed E-state index contributed by atoms with van der Waals surface area (Å²) in [6.07, 6.45) is 2.35. The van der Waals surface area contributed by atoms with E-state index in [1.54, 1.807) is 0 Å². The first-order valence-electron chi connectivity index (χ1n) is 5.23. The van der Waals surface area contributed by atoms with Gasteiger partial charge in [0.05, 0.1) is 17.6 Å². The lowest BCUT2D eigenvalue weighted by Crippen LogP contribution is -2.13. The van der Waals surface area contributed by atoms with Gasteiger partial charge in [-0.15, -0.1) is 5.10 Å². The van der Waals surface area contributed by atoms with Crippen LogP contribution < -0.4 is 4.72 Å². The number of aromatic nitrogens is 4. The maximum absolute atomic E-state index is 11.4. The van der Waals surface area contributed by atoms with Gasteiger partial charge in [0.25, 0.3) is 0 Å². The van der Waals surface area contributed by atoms with Crippen LogP contribution in [-0.4, -0.2) is 40.7 Å². The van der Waals surface area contributed by atoms with Crippen molar-refractivity contribution in [3.63, 3.8) is 0 Å². The summed E-state index contributed by atoms with van der Waals surface area (Å²) in [6, 6.07) is 4.55. The fourth-order valence-corrected chi connectivity index (χ4v) is 2.07. The molecule has 19 heavy (non-hydrogen) atoms. The van der Waals surface area contributed by atoms with E-state index in [1.807, 2.05) is 0 Å². The molecule has 1 aromatic carbocycles. The molecule has 9 heteroatoms. The van der Waals surface area contributed by atoms with Crippen molar-refractivity contribution in [3.8, 4) is 5.69 Å². The van der Waals surface area contributed by atoms with Crippen LogP contribution in [0.3, 0.4) is 0 Å². The number of hydrogen-bond acceptors (Lipinski definition) is 6. The molecule has 2 aromatic rings. The third-order valence-corrected chi connectivity index (χ3v) is 2.89. The third kappa shape index (κ3) is 3.13. The van der Waals surface area contributed by atoms with Crippen molar-refractivity contribution >= 4 is 21.5 Å². The summed E-state index contributed by atoms with van der Waals surface area (Å²) in [4.78, 5) is 11.4. The Labute approximate surface area is 109 Å².